The molecule has 0 radical (unpaired) electrons. The Kier molecular flexibility index (Phi) is 7.43. The Morgan fingerprint density at radius 3 is 2.78 bits per heavy atom. The SMILES string of the molecule is CC(CCO[P@]1(=O)OC[C@H]2O[C@@H](n3ccc(=O)[nH]c3=O)[C@](C)(N)[C@@H]2O1)CC(=O)OC(C)C. The normalized spacial score (nSPS) is 33.1. The number of aromatic nitrogens is 2. The van der Waals surface area contributed by atoms with Crippen molar-refractivity contribution < 1.29 is 32.4 Å². The highest BCUT2D eigenvalue weighted by Crippen LogP contribution is 2.58. The number of nitrogens with two attached hydrogens (primary N) is 1. The van der Waals surface area contributed by atoms with Gasteiger partial charge < -0.3 is 15.2 Å². The number of carbonyl (C=O) groups is 1. The fraction of sp³-hybridized carbons (Fsp3) is 0.737. The lowest BCUT2D eigenvalue weighted by Crippen LogP contribution is -2.55. The molecule has 2 fully saturated rings. The van der Waals surface area contributed by atoms with Crippen molar-refractivity contribution in [2.75, 3.05) is 13.2 Å². The first-order chi connectivity index (χ1) is 14.9. The van der Waals surface area contributed by atoms with Crippen LogP contribution in [0.4, 0.5) is 0 Å². The number of fused-ring (bicyclic) bond motifs is 1. The molecule has 180 valence electrons. The zero-order valence-corrected chi connectivity index (χ0v) is 19.4. The molecule has 1 aromatic rings. The molecular formula is C19H30N3O9P. The second kappa shape index (κ2) is 9.58. The summed E-state index contributed by atoms with van der Waals surface area (Å²) in [5, 5.41) is 0. The van der Waals surface area contributed by atoms with E-state index in [1.807, 2.05) is 6.92 Å². The average Bonchev–Trinajstić information content (AvgIpc) is 2.91. The quantitative estimate of drug-likeness (QED) is 0.411. The summed E-state index contributed by atoms with van der Waals surface area (Å²) < 4.78 is 41.4. The molecule has 0 bridgehead atoms. The molecule has 0 amide bonds. The number of H-pyrrole nitrogens is 1. The predicted octanol–water partition coefficient (Wildman–Crippen LogP) is 1.06. The van der Waals surface area contributed by atoms with Gasteiger partial charge in [-0.1, -0.05) is 6.92 Å². The standard InChI is InChI=1S/C19H30N3O9P/c1-11(2)29-15(24)9-12(3)6-8-27-32(26)28-10-13-16(31-32)19(4,20)17(30-13)22-7-5-14(23)21-18(22)25/h5,7,11-13,16-17H,6,8-10,20H2,1-4H3,(H,21,23,25)/t12?,13-,16-,17-,19-,32-/m1/s1. The van der Waals surface area contributed by atoms with Gasteiger partial charge in [0.25, 0.3) is 5.56 Å². The third-order valence-electron chi connectivity index (χ3n) is 5.27. The van der Waals surface area contributed by atoms with Gasteiger partial charge >= 0.3 is 19.5 Å². The Balaban J connectivity index is 1.60. The fourth-order valence-electron chi connectivity index (χ4n) is 3.68. The van der Waals surface area contributed by atoms with Gasteiger partial charge in [0.05, 0.1) is 24.9 Å². The van der Waals surface area contributed by atoms with Crippen LogP contribution >= 0.6 is 7.82 Å². The minimum atomic E-state index is -3.94. The van der Waals surface area contributed by atoms with E-state index in [2.05, 4.69) is 4.98 Å². The molecule has 6 atom stereocenters. The molecule has 12 nitrogen and oxygen atoms in total. The van der Waals surface area contributed by atoms with E-state index >= 15 is 0 Å². The lowest BCUT2D eigenvalue weighted by atomic mass is 9.93. The molecule has 3 rings (SSSR count). The number of rotatable bonds is 8. The number of nitrogens with one attached hydrogen (secondary N) is 1. The Morgan fingerprint density at radius 1 is 1.41 bits per heavy atom. The number of esters is 1. The van der Waals surface area contributed by atoms with Crippen molar-refractivity contribution in [1.82, 2.24) is 9.55 Å². The van der Waals surface area contributed by atoms with Crippen LogP contribution in [0.3, 0.4) is 0 Å². The van der Waals surface area contributed by atoms with Gasteiger partial charge in [-0.25, -0.2) is 9.36 Å². The van der Waals surface area contributed by atoms with Crippen LogP contribution in [-0.4, -0.2) is 52.6 Å². The molecule has 1 unspecified atom stereocenters. The van der Waals surface area contributed by atoms with Gasteiger partial charge in [-0.3, -0.25) is 32.7 Å². The summed E-state index contributed by atoms with van der Waals surface area (Å²) in [5.74, 6) is -0.367. The molecule has 0 saturated carbocycles. The van der Waals surface area contributed by atoms with Gasteiger partial charge in [-0.2, -0.15) is 0 Å². The number of hydrogen-bond acceptors (Lipinski definition) is 10. The number of phosphoric acid groups is 1. The van der Waals surface area contributed by atoms with Crippen molar-refractivity contribution in [2.24, 2.45) is 11.7 Å². The summed E-state index contributed by atoms with van der Waals surface area (Å²) in [4.78, 5) is 37.4. The van der Waals surface area contributed by atoms with Crippen LogP contribution in [0, 0.1) is 5.92 Å². The lowest BCUT2D eigenvalue weighted by Gasteiger charge is -2.35. The summed E-state index contributed by atoms with van der Waals surface area (Å²) in [6.45, 7) is 6.93. The van der Waals surface area contributed by atoms with Crippen LogP contribution in [0.5, 0.6) is 0 Å². The summed E-state index contributed by atoms with van der Waals surface area (Å²) in [7, 11) is -3.94. The van der Waals surface area contributed by atoms with Crippen LogP contribution in [0.2, 0.25) is 0 Å². The molecular weight excluding hydrogens is 445 g/mol. The van der Waals surface area contributed by atoms with Crippen molar-refractivity contribution in [3.63, 3.8) is 0 Å². The minimum absolute atomic E-state index is 0.0374. The van der Waals surface area contributed by atoms with E-state index in [4.69, 9.17) is 28.8 Å². The van der Waals surface area contributed by atoms with E-state index in [-0.39, 0.29) is 37.6 Å². The molecule has 13 heteroatoms. The molecule has 3 heterocycles. The first-order valence-electron chi connectivity index (χ1n) is 10.4. The lowest BCUT2D eigenvalue weighted by molar-refractivity contribution is -0.148. The maximum Gasteiger partial charge on any atom is 0.475 e. The summed E-state index contributed by atoms with van der Waals surface area (Å²) in [6.07, 6.45) is -0.824. The average molecular weight is 475 g/mol. The molecule has 2 aliphatic heterocycles. The monoisotopic (exact) mass is 475 g/mol. The van der Waals surface area contributed by atoms with Crippen molar-refractivity contribution in [2.45, 2.75) is 70.6 Å². The van der Waals surface area contributed by atoms with Crippen LogP contribution in [0.15, 0.2) is 21.9 Å². The topological polar surface area (TPSA) is 161 Å². The highest BCUT2D eigenvalue weighted by atomic mass is 31.2. The largest absolute Gasteiger partial charge is 0.475 e. The Labute approximate surface area is 184 Å². The molecule has 1 aromatic heterocycles. The maximum atomic E-state index is 13.0. The van der Waals surface area contributed by atoms with Gasteiger partial charge in [-0.05, 0) is 33.1 Å². The van der Waals surface area contributed by atoms with E-state index < -0.39 is 43.0 Å². The molecule has 0 spiro atoms. The van der Waals surface area contributed by atoms with E-state index in [9.17, 15) is 18.9 Å². The predicted molar refractivity (Wildman–Crippen MR) is 112 cm³/mol. The molecule has 2 saturated heterocycles. The van der Waals surface area contributed by atoms with Gasteiger partial charge in [-0.15, -0.1) is 0 Å². The van der Waals surface area contributed by atoms with Crippen LogP contribution < -0.4 is 17.0 Å². The second-order valence-electron chi connectivity index (χ2n) is 8.65. The van der Waals surface area contributed by atoms with E-state index in [0.29, 0.717) is 6.42 Å². The van der Waals surface area contributed by atoms with Crippen molar-refractivity contribution in [1.29, 1.82) is 0 Å². The number of phosphoric ester groups is 1. The Morgan fingerprint density at radius 2 is 2.12 bits per heavy atom. The van der Waals surface area contributed by atoms with E-state index in [0.717, 1.165) is 4.57 Å². The van der Waals surface area contributed by atoms with Gasteiger partial charge in [0, 0.05) is 18.7 Å². The Bertz CT molecular complexity index is 989. The van der Waals surface area contributed by atoms with Gasteiger partial charge in [0.15, 0.2) is 6.23 Å². The zero-order valence-electron chi connectivity index (χ0n) is 18.5. The number of hydrogen-bond donors (Lipinski definition) is 2. The summed E-state index contributed by atoms with van der Waals surface area (Å²) in [5.41, 5.74) is 3.91. The minimum Gasteiger partial charge on any atom is -0.463 e. The molecule has 3 N–H and O–H groups in total. The van der Waals surface area contributed by atoms with E-state index in [1.165, 1.54) is 12.3 Å². The fourth-order valence-corrected chi connectivity index (χ4v) is 5.17. The maximum absolute atomic E-state index is 13.0. The van der Waals surface area contributed by atoms with Gasteiger partial charge in [0.2, 0.25) is 0 Å². The Hall–Kier alpha value is -1.82. The smallest absolute Gasteiger partial charge is 0.463 e. The zero-order chi connectivity index (χ0) is 23.7. The van der Waals surface area contributed by atoms with Crippen molar-refractivity contribution in [3.8, 4) is 0 Å². The number of carbonyl (C=O) groups excluding carboxylic acids is 1. The third kappa shape index (κ3) is 5.56. The molecule has 0 aliphatic carbocycles. The first kappa shape index (κ1) is 24.8. The number of aromatic amines is 1. The van der Waals surface area contributed by atoms with Crippen LogP contribution in [0.25, 0.3) is 0 Å². The summed E-state index contributed by atoms with van der Waals surface area (Å²) >= 11 is 0. The summed E-state index contributed by atoms with van der Waals surface area (Å²) in [6, 6.07) is 1.17. The van der Waals surface area contributed by atoms with Crippen LogP contribution in [-0.2, 0) is 32.4 Å². The number of ether oxygens (including phenoxy) is 2. The van der Waals surface area contributed by atoms with Crippen LogP contribution in [0.1, 0.15) is 46.8 Å². The molecule has 2 aliphatic rings. The molecule has 32 heavy (non-hydrogen) atoms. The molecule has 0 aromatic carbocycles. The van der Waals surface area contributed by atoms with E-state index in [1.54, 1.807) is 20.8 Å². The first-order valence-corrected chi connectivity index (χ1v) is 11.9. The highest BCUT2D eigenvalue weighted by molar-refractivity contribution is 7.48. The van der Waals surface area contributed by atoms with Crippen molar-refractivity contribution >= 4 is 13.8 Å². The van der Waals surface area contributed by atoms with Gasteiger partial charge in [0.1, 0.15) is 12.2 Å². The van der Waals surface area contributed by atoms with Crippen molar-refractivity contribution in [3.05, 3.63) is 33.1 Å². The highest BCUT2D eigenvalue weighted by Gasteiger charge is 2.59. The third-order valence-corrected chi connectivity index (χ3v) is 6.72. The number of nitrogens with zero attached hydrogens (tertiary/aromatic N) is 1. The second-order valence-corrected chi connectivity index (χ2v) is 10.3.